The number of rotatable bonds is 12. The Hall–Kier alpha value is -2.71. The Morgan fingerprint density at radius 2 is 0.398 bits per heavy atom. The summed E-state index contributed by atoms with van der Waals surface area (Å²) >= 11 is 0. The van der Waals surface area contributed by atoms with Gasteiger partial charge in [-0.05, 0) is 405 Å². The van der Waals surface area contributed by atoms with Crippen LogP contribution in [0.25, 0.3) is 0 Å². The van der Waals surface area contributed by atoms with Crippen LogP contribution in [0.5, 0.6) is 17.2 Å². The van der Waals surface area contributed by atoms with Crippen molar-refractivity contribution in [3.05, 3.63) is 88.0 Å². The van der Waals surface area contributed by atoms with Gasteiger partial charge in [-0.1, -0.05) is 36.4 Å². The molecular weight excluding hydrogens is 1030 g/mol. The third kappa shape index (κ3) is 7.62. The van der Waals surface area contributed by atoms with E-state index in [0.717, 1.165) is 124 Å². The summed E-state index contributed by atoms with van der Waals surface area (Å²) in [5.41, 5.74) is 9.98. The molecule has 5 heteroatoms. The molecule has 27 rings (SSSR count). The van der Waals surface area contributed by atoms with E-state index in [1.54, 1.807) is 16.7 Å². The monoisotopic (exact) mass is 1130 g/mol. The van der Waals surface area contributed by atoms with Crippen LogP contribution in [0.1, 0.15) is 265 Å². The van der Waals surface area contributed by atoms with E-state index in [1.165, 1.54) is 248 Å². The lowest BCUT2D eigenvalue weighted by Crippen LogP contribution is -2.50. The van der Waals surface area contributed by atoms with Gasteiger partial charge in [0.15, 0.2) is 0 Å². The van der Waals surface area contributed by atoms with Gasteiger partial charge in [0.1, 0.15) is 17.2 Å². The Bertz CT molecular complexity index is 2700. The highest BCUT2D eigenvalue weighted by molar-refractivity contribution is 7.49. The molecule has 0 atom stereocenters. The maximum atomic E-state index is 17.8. The zero-order chi connectivity index (χ0) is 54.0. The summed E-state index contributed by atoms with van der Waals surface area (Å²) in [6.45, 7) is 0. The summed E-state index contributed by atoms with van der Waals surface area (Å²) in [5, 5.41) is 0. The molecular formula is C78H99O4P. The van der Waals surface area contributed by atoms with E-state index >= 15 is 4.57 Å². The minimum Gasteiger partial charge on any atom is -0.386 e. The fourth-order valence-electron chi connectivity index (χ4n) is 31.2. The molecule has 0 spiro atoms. The highest BCUT2D eigenvalue weighted by Crippen LogP contribution is 2.71. The molecule has 0 N–H and O–H groups in total. The SMILES string of the molecule is O=P(Oc1ccc(C23CC4CC(CC(C4)C2)C3)cc1C12CC3CC(CC(C3)C1)C2)(Oc1ccc(C23CC4CC(CC(C4)C2)C3)cc1C12CC3CC(CC(C3)C1)C2)Oc1ccc(C23CC4CC(CC(C4)C2)C3)cc1C12CC3CC(CC(C3)C1)C2. The van der Waals surface area contributed by atoms with Gasteiger partial charge in [0.05, 0.1) is 0 Å². The Balaban J connectivity index is 0.740. The molecule has 24 saturated carbocycles. The van der Waals surface area contributed by atoms with E-state index < -0.39 is 7.82 Å². The van der Waals surface area contributed by atoms with Gasteiger partial charge in [0, 0.05) is 16.7 Å². The van der Waals surface area contributed by atoms with Crippen molar-refractivity contribution in [2.24, 2.45) is 107 Å². The molecule has 24 bridgehead atoms. The molecule has 3 aromatic rings. The van der Waals surface area contributed by atoms with Crippen molar-refractivity contribution < 1.29 is 18.1 Å². The van der Waals surface area contributed by atoms with Crippen LogP contribution in [0, 0.1) is 107 Å². The predicted octanol–water partition coefficient (Wildman–Crippen LogP) is 20.1. The van der Waals surface area contributed by atoms with E-state index in [2.05, 4.69) is 54.6 Å². The first-order valence-corrected chi connectivity index (χ1v) is 37.9. The molecule has 440 valence electrons. The number of phosphoric acid groups is 1. The third-order valence-corrected chi connectivity index (χ3v) is 32.6. The standard InChI is InChI=1S/C78H99O4P/c79-83(80-70-4-1-64(73-28-46-7-47(29-73)9-48(8-46)30-73)25-67(70)76-37-55-16-56(38-76)18-57(17-55)39-76,81-71-5-2-65(74-31-49-10-50(32-74)12-51(11-49)33-74)26-68(71)77-40-58-19-59(41-77)21-60(20-58)42-77)82-72-6-3-66(75-34-52-13-53(35-75)15-54(14-52)36-75)27-69(72)78-43-61-22-62(44-78)24-63(23-61)45-78/h1-6,25-27,46-63H,7-24,28-45H2. The van der Waals surface area contributed by atoms with E-state index in [4.69, 9.17) is 13.6 Å². The van der Waals surface area contributed by atoms with Crippen LogP contribution in [0.3, 0.4) is 0 Å². The maximum absolute atomic E-state index is 17.8. The molecule has 3 aromatic carbocycles. The van der Waals surface area contributed by atoms with Crippen LogP contribution in [0.2, 0.25) is 0 Å². The van der Waals surface area contributed by atoms with Crippen molar-refractivity contribution >= 4 is 7.82 Å². The summed E-state index contributed by atoms with van der Waals surface area (Å²) in [6.07, 6.45) is 49.5. The highest BCUT2D eigenvalue weighted by Gasteiger charge is 2.60. The minimum absolute atomic E-state index is 0.0565. The van der Waals surface area contributed by atoms with Crippen LogP contribution in [-0.4, -0.2) is 0 Å². The van der Waals surface area contributed by atoms with E-state index in [-0.39, 0.29) is 32.5 Å². The smallest absolute Gasteiger partial charge is 0.386 e. The topological polar surface area (TPSA) is 44.8 Å². The first-order chi connectivity index (χ1) is 40.3. The summed E-state index contributed by atoms with van der Waals surface area (Å²) < 4.78 is 41.3. The average molecular weight is 1130 g/mol. The van der Waals surface area contributed by atoms with Crippen molar-refractivity contribution in [3.8, 4) is 17.2 Å². The largest absolute Gasteiger partial charge is 0.647 e. The lowest BCUT2D eigenvalue weighted by molar-refractivity contribution is -0.00886. The van der Waals surface area contributed by atoms with Crippen molar-refractivity contribution in [1.29, 1.82) is 0 Å². The van der Waals surface area contributed by atoms with E-state index in [1.807, 2.05) is 0 Å². The Kier molecular flexibility index (Phi) is 10.4. The molecule has 0 amide bonds. The molecule has 0 unspecified atom stereocenters. The quantitative estimate of drug-likeness (QED) is 0.170. The van der Waals surface area contributed by atoms with Crippen molar-refractivity contribution in [3.63, 3.8) is 0 Å². The first kappa shape index (κ1) is 50.2. The molecule has 0 aromatic heterocycles. The molecule has 4 nitrogen and oxygen atoms in total. The van der Waals surface area contributed by atoms with Gasteiger partial charge >= 0.3 is 7.82 Å². The summed E-state index contributed by atoms with van der Waals surface area (Å²) in [5.74, 6) is 17.6. The van der Waals surface area contributed by atoms with Crippen molar-refractivity contribution in [2.75, 3.05) is 0 Å². The molecule has 0 heterocycles. The molecule has 24 aliphatic rings. The van der Waals surface area contributed by atoms with Gasteiger partial charge in [-0.3, -0.25) is 0 Å². The molecule has 24 fully saturated rings. The predicted molar refractivity (Wildman–Crippen MR) is 328 cm³/mol. The first-order valence-electron chi connectivity index (χ1n) is 36.5. The lowest BCUT2D eigenvalue weighted by Gasteiger charge is -2.59. The van der Waals surface area contributed by atoms with Gasteiger partial charge < -0.3 is 13.6 Å². The van der Waals surface area contributed by atoms with Crippen LogP contribution in [-0.2, 0) is 37.1 Å². The second-order valence-corrected chi connectivity index (χ2v) is 38.5. The zero-order valence-electron chi connectivity index (χ0n) is 50.6. The molecule has 0 aliphatic heterocycles. The molecule has 0 radical (unpaired) electrons. The van der Waals surface area contributed by atoms with E-state index in [0.29, 0.717) is 0 Å². The van der Waals surface area contributed by atoms with Crippen LogP contribution in [0.4, 0.5) is 0 Å². The van der Waals surface area contributed by atoms with Gasteiger partial charge in [-0.15, -0.1) is 0 Å². The number of hydrogen-bond donors (Lipinski definition) is 0. The second kappa shape index (κ2) is 17.2. The number of phosphoric ester groups is 1. The average Bonchev–Trinajstić information content (AvgIpc) is 2.59. The Morgan fingerprint density at radius 3 is 0.566 bits per heavy atom. The fourth-order valence-corrected chi connectivity index (χ4v) is 32.5. The van der Waals surface area contributed by atoms with Gasteiger partial charge in [0.2, 0.25) is 0 Å². The maximum Gasteiger partial charge on any atom is 0.647 e. The Labute approximate surface area is 498 Å². The van der Waals surface area contributed by atoms with E-state index in [9.17, 15) is 0 Å². The van der Waals surface area contributed by atoms with Gasteiger partial charge in [-0.2, -0.15) is 4.57 Å². The van der Waals surface area contributed by atoms with Crippen LogP contribution >= 0.6 is 7.82 Å². The van der Waals surface area contributed by atoms with Gasteiger partial charge in [0.25, 0.3) is 0 Å². The summed E-state index contributed by atoms with van der Waals surface area (Å²) in [6, 6.07) is 22.9. The normalized spacial score (nSPS) is 52.0. The fraction of sp³-hybridized carbons (Fsp3) is 0.769. The molecule has 83 heavy (non-hydrogen) atoms. The summed E-state index contributed by atoms with van der Waals surface area (Å²) in [7, 11) is -4.46. The third-order valence-electron chi connectivity index (χ3n) is 31.3. The van der Waals surface area contributed by atoms with Gasteiger partial charge in [-0.25, -0.2) is 0 Å². The number of benzene rings is 3. The Morgan fingerprint density at radius 1 is 0.241 bits per heavy atom. The van der Waals surface area contributed by atoms with Crippen molar-refractivity contribution in [2.45, 2.75) is 264 Å². The minimum atomic E-state index is -4.46. The number of hydrogen-bond acceptors (Lipinski definition) is 4. The lowest BCUT2D eigenvalue weighted by atomic mass is 9.46. The van der Waals surface area contributed by atoms with Crippen LogP contribution in [0.15, 0.2) is 54.6 Å². The molecule has 24 aliphatic carbocycles. The molecule has 0 saturated heterocycles. The zero-order valence-corrected chi connectivity index (χ0v) is 51.5. The van der Waals surface area contributed by atoms with Crippen LogP contribution < -0.4 is 13.6 Å². The van der Waals surface area contributed by atoms with Crippen molar-refractivity contribution in [1.82, 2.24) is 0 Å². The summed E-state index contributed by atoms with van der Waals surface area (Å²) in [4.78, 5) is 0. The second-order valence-electron chi connectivity index (χ2n) is 37.0. The highest BCUT2D eigenvalue weighted by atomic mass is 31.2.